The van der Waals surface area contributed by atoms with Crippen molar-refractivity contribution in [2.24, 2.45) is 71.0 Å². The predicted molar refractivity (Wildman–Crippen MR) is 204 cm³/mol. The molecule has 0 aromatic heterocycles. The Bertz CT molecular complexity index is 1090. The number of amides is 2. The molecule has 2 amide bonds. The quantitative estimate of drug-likeness (QED) is 0.143. The Balaban J connectivity index is 0.0000000976. The molecule has 5 heteroatoms. The van der Waals surface area contributed by atoms with Crippen LogP contribution >= 0.6 is 0 Å². The molecule has 2 saturated heterocycles. The van der Waals surface area contributed by atoms with E-state index in [0.717, 1.165) is 0 Å². The molecule has 12 fully saturated rings. The van der Waals surface area contributed by atoms with Crippen LogP contribution in [-0.2, 0) is 19.1 Å². The molecular formula is C46H73NO4. The molecule has 8 atom stereocenters. The Morgan fingerprint density at radius 2 is 0.863 bits per heavy atom. The second-order valence-electron chi connectivity index (χ2n) is 19.4. The van der Waals surface area contributed by atoms with Crippen LogP contribution in [0.4, 0.5) is 0 Å². The number of ether oxygens (including phenoxy) is 1. The molecule has 2 aliphatic heterocycles. The number of hydrogen-bond donors (Lipinski definition) is 0. The number of likely N-dealkylation sites (tertiary alicyclic amines) is 1. The minimum atomic E-state index is -0.148. The van der Waals surface area contributed by atoms with Gasteiger partial charge in [0.15, 0.2) is 0 Å². The Kier molecular flexibility index (Phi) is 13.0. The van der Waals surface area contributed by atoms with E-state index in [9.17, 15) is 14.4 Å². The van der Waals surface area contributed by atoms with Gasteiger partial charge in [0.25, 0.3) is 0 Å². The lowest BCUT2D eigenvalue weighted by atomic mass is 9.71. The third-order valence-corrected chi connectivity index (χ3v) is 16.5. The smallest absolute Gasteiger partial charge is 0.311 e. The topological polar surface area (TPSA) is 63.7 Å². The highest BCUT2D eigenvalue weighted by Crippen LogP contribution is 2.67. The number of imide groups is 1. The molecule has 12 aliphatic rings. The fourth-order valence-electron chi connectivity index (χ4n) is 14.1. The zero-order valence-corrected chi connectivity index (χ0v) is 32.5. The van der Waals surface area contributed by atoms with Crippen molar-refractivity contribution < 1.29 is 19.1 Å². The summed E-state index contributed by atoms with van der Waals surface area (Å²) in [7, 11) is 1.51. The van der Waals surface area contributed by atoms with Gasteiger partial charge in [-0.25, -0.2) is 0 Å². The van der Waals surface area contributed by atoms with Crippen LogP contribution in [0.25, 0.3) is 0 Å². The predicted octanol–water partition coefficient (Wildman–Crippen LogP) is 11.4. The Morgan fingerprint density at radius 3 is 1.14 bits per heavy atom. The van der Waals surface area contributed by atoms with Gasteiger partial charge < -0.3 is 4.74 Å². The Morgan fingerprint density at radius 1 is 0.471 bits per heavy atom. The fourth-order valence-corrected chi connectivity index (χ4v) is 14.1. The van der Waals surface area contributed by atoms with E-state index < -0.39 is 0 Å². The third-order valence-electron chi connectivity index (χ3n) is 16.5. The minimum Gasteiger partial charge on any atom is -0.432 e. The van der Waals surface area contributed by atoms with Crippen molar-refractivity contribution in [3.05, 3.63) is 12.3 Å². The van der Waals surface area contributed by atoms with Crippen molar-refractivity contribution in [3.8, 4) is 0 Å². The summed E-state index contributed by atoms with van der Waals surface area (Å²) in [5.74, 6) is 14.7. The highest BCUT2D eigenvalue weighted by Gasteiger charge is 2.59. The van der Waals surface area contributed by atoms with Crippen molar-refractivity contribution in [1.82, 2.24) is 4.90 Å². The number of esters is 1. The van der Waals surface area contributed by atoms with Crippen molar-refractivity contribution in [3.63, 3.8) is 0 Å². The first kappa shape index (κ1) is 37.7. The van der Waals surface area contributed by atoms with E-state index in [0.29, 0.717) is 31.4 Å². The zero-order valence-electron chi connectivity index (χ0n) is 32.5. The lowest BCUT2D eigenvalue weighted by Gasteiger charge is -2.34. The first-order valence-corrected chi connectivity index (χ1v) is 22.5. The van der Waals surface area contributed by atoms with Gasteiger partial charge in [-0.05, 0) is 148 Å². The molecule has 0 N–H and O–H groups in total. The summed E-state index contributed by atoms with van der Waals surface area (Å²) in [5.41, 5.74) is 0. The van der Waals surface area contributed by atoms with Gasteiger partial charge in [0.2, 0.25) is 11.8 Å². The molecule has 10 aliphatic carbocycles. The number of fused-ring (bicyclic) bond motifs is 16. The van der Waals surface area contributed by atoms with Gasteiger partial charge in [0.05, 0.1) is 6.42 Å². The number of nitrogens with zero attached hydrogens (tertiary/aromatic N) is 1. The van der Waals surface area contributed by atoms with Gasteiger partial charge in [0, 0.05) is 26.3 Å². The van der Waals surface area contributed by atoms with Crippen molar-refractivity contribution in [1.29, 1.82) is 0 Å². The van der Waals surface area contributed by atoms with Crippen LogP contribution in [0.5, 0.6) is 0 Å². The number of carbonyl (C=O) groups is 3. The summed E-state index contributed by atoms with van der Waals surface area (Å²) in [4.78, 5) is 32.3. The summed E-state index contributed by atoms with van der Waals surface area (Å²) < 4.78 is 4.53. The first-order chi connectivity index (χ1) is 24.8. The molecule has 0 spiro atoms. The summed E-state index contributed by atoms with van der Waals surface area (Å²) in [5, 5.41) is 0. The van der Waals surface area contributed by atoms with Crippen molar-refractivity contribution in [2.45, 2.75) is 180 Å². The standard InChI is InChI=1S/C12H18.C11H18.C7H12.C6H12.C5H7NO2.C5H6O2/c1-2-8-5-7(1)11-9-3-4-10(6-9)12(8)11;1-2-4-11-9-6-5-8(7-9)10(11)3-1;1-2-7-4-3-6(1)5-7;1-2-4-6-5-3-1;1-6-4(7)2-3-5(6)8;1-4-2-3-5(6)7-4/h7-12H,1-6H2;8-11H,1-7H2;6-7H,1-5H2;1-6H2;2-3H2,1H3;1-3H2. The van der Waals surface area contributed by atoms with Gasteiger partial charge in [0.1, 0.15) is 5.76 Å². The summed E-state index contributed by atoms with van der Waals surface area (Å²) >= 11 is 0. The van der Waals surface area contributed by atoms with Gasteiger partial charge in [-0.2, -0.15) is 0 Å². The van der Waals surface area contributed by atoms with E-state index in [1.807, 2.05) is 0 Å². The fraction of sp³-hybridized carbons (Fsp3) is 0.891. The van der Waals surface area contributed by atoms with E-state index in [-0.39, 0.29) is 17.8 Å². The maximum absolute atomic E-state index is 10.5. The summed E-state index contributed by atoms with van der Waals surface area (Å²) in [6.45, 7) is 3.46. The van der Waals surface area contributed by atoms with Crippen molar-refractivity contribution in [2.75, 3.05) is 7.05 Å². The highest BCUT2D eigenvalue weighted by molar-refractivity contribution is 6.01. The minimum absolute atomic E-state index is 0.0602. The van der Waals surface area contributed by atoms with Gasteiger partial charge >= 0.3 is 5.97 Å². The SMILES string of the molecule is C1CC2CC1C1C3CCC(C3)C21.C1CC2CCC1C2.C1CCC2C3CCC(C3)C2C1.C1CCCCC1.C=C1CCC(=O)O1.CN1C(=O)CCC1=O. The summed E-state index contributed by atoms with van der Waals surface area (Å²) in [6, 6.07) is 0. The van der Waals surface area contributed by atoms with Gasteiger partial charge in [-0.1, -0.05) is 83.6 Å². The molecule has 8 bridgehead atoms. The molecule has 286 valence electrons. The first-order valence-electron chi connectivity index (χ1n) is 22.5. The van der Waals surface area contributed by atoms with Crippen LogP contribution in [0, 0.1) is 71.0 Å². The molecule has 12 rings (SSSR count). The van der Waals surface area contributed by atoms with Crippen LogP contribution in [0.2, 0.25) is 0 Å². The van der Waals surface area contributed by atoms with Crippen molar-refractivity contribution >= 4 is 17.8 Å². The van der Waals surface area contributed by atoms with Gasteiger partial charge in [-0.15, -0.1) is 0 Å². The average Bonchev–Trinajstić information content (AvgIpc) is 4.03. The second kappa shape index (κ2) is 17.7. The summed E-state index contributed by atoms with van der Waals surface area (Å²) in [6.07, 6.45) is 39.6. The second-order valence-corrected chi connectivity index (χ2v) is 19.4. The normalized spacial score (nSPS) is 42.6. The number of allylic oxidation sites excluding steroid dienone is 1. The maximum Gasteiger partial charge on any atom is 0.311 e. The number of cyclic esters (lactones) is 1. The number of hydrogen-bond acceptors (Lipinski definition) is 4. The van der Waals surface area contributed by atoms with Crippen LogP contribution < -0.4 is 0 Å². The molecular weight excluding hydrogens is 631 g/mol. The Labute approximate surface area is 311 Å². The molecule has 0 aromatic carbocycles. The zero-order chi connectivity index (χ0) is 35.3. The van der Waals surface area contributed by atoms with Crippen LogP contribution in [0.3, 0.4) is 0 Å². The number of carbonyl (C=O) groups excluding carboxylic acids is 3. The molecule has 5 nitrogen and oxygen atoms in total. The highest BCUT2D eigenvalue weighted by atomic mass is 16.5. The maximum atomic E-state index is 10.5. The molecule has 10 saturated carbocycles. The lowest BCUT2D eigenvalue weighted by Crippen LogP contribution is -2.27. The molecule has 0 aromatic rings. The van der Waals surface area contributed by atoms with E-state index >= 15 is 0 Å². The van der Waals surface area contributed by atoms with E-state index in [1.54, 1.807) is 116 Å². The molecule has 8 unspecified atom stereocenters. The molecule has 51 heavy (non-hydrogen) atoms. The average molecular weight is 704 g/mol. The molecule has 2 heterocycles. The monoisotopic (exact) mass is 704 g/mol. The van der Waals surface area contributed by atoms with E-state index in [4.69, 9.17) is 0 Å². The number of rotatable bonds is 0. The van der Waals surface area contributed by atoms with E-state index in [1.165, 1.54) is 121 Å². The Hall–Kier alpha value is -1.65. The third kappa shape index (κ3) is 9.18. The van der Waals surface area contributed by atoms with Crippen LogP contribution in [0.1, 0.15) is 180 Å². The van der Waals surface area contributed by atoms with E-state index in [2.05, 4.69) is 11.3 Å². The largest absolute Gasteiger partial charge is 0.432 e. The molecule has 0 radical (unpaired) electrons. The van der Waals surface area contributed by atoms with Crippen LogP contribution in [-0.4, -0.2) is 29.7 Å². The van der Waals surface area contributed by atoms with Crippen LogP contribution in [0.15, 0.2) is 12.3 Å². The van der Waals surface area contributed by atoms with Gasteiger partial charge in [-0.3, -0.25) is 19.3 Å². The lowest BCUT2D eigenvalue weighted by molar-refractivity contribution is -0.137.